The molecule has 0 aliphatic carbocycles. The number of nitrogens with one attached hydrogen (secondary N) is 1. The number of nitro benzene ring substituents is 1. The van der Waals surface area contributed by atoms with Gasteiger partial charge in [-0.2, -0.15) is 0 Å². The summed E-state index contributed by atoms with van der Waals surface area (Å²) in [5.41, 5.74) is -0.0492. The molecule has 0 saturated heterocycles. The van der Waals surface area contributed by atoms with Gasteiger partial charge in [0.05, 0.1) is 16.4 Å². The number of ether oxygens (including phenoxy) is 1. The van der Waals surface area contributed by atoms with Crippen molar-refractivity contribution >= 4 is 17.0 Å². The van der Waals surface area contributed by atoms with Gasteiger partial charge in [0.15, 0.2) is 5.75 Å². The molecule has 1 heterocycles. The number of thiazole rings is 1. The van der Waals surface area contributed by atoms with E-state index in [-0.39, 0.29) is 24.7 Å². The van der Waals surface area contributed by atoms with Crippen molar-refractivity contribution < 1.29 is 19.9 Å². The lowest BCUT2D eigenvalue weighted by molar-refractivity contribution is -0.386. The van der Waals surface area contributed by atoms with Crippen molar-refractivity contribution in [1.29, 1.82) is 0 Å². The molecule has 2 rings (SSSR count). The minimum absolute atomic E-state index is 0.0101. The van der Waals surface area contributed by atoms with E-state index < -0.39 is 21.2 Å². The van der Waals surface area contributed by atoms with Gasteiger partial charge in [0, 0.05) is 12.5 Å². The molecule has 112 valence electrons. The summed E-state index contributed by atoms with van der Waals surface area (Å²) < 4.78 is 5.16. The molecule has 1 aromatic carbocycles. The van der Waals surface area contributed by atoms with Gasteiger partial charge in [-0.05, 0) is 18.6 Å². The molecule has 0 radical (unpaired) electrons. The number of phenolic OH excluding ortho intramolecular Hbond substituents is 1. The van der Waals surface area contributed by atoms with Gasteiger partial charge in [-0.15, -0.1) is 0 Å². The second-order valence-corrected chi connectivity index (χ2v) is 5.18. The highest BCUT2D eigenvalue weighted by Gasteiger charge is 2.21. The highest BCUT2D eigenvalue weighted by molar-refractivity contribution is 7.09. The standard InChI is InChI=1S/C12H12N2O6S/c1-2-20-8-4-6(3-7(10(8)15)14(18)19)5-9-11(16)13-12(17)21-9/h3-4,15-16H,2,5H2,1H3,(H,13,17). The maximum atomic E-state index is 11.1. The van der Waals surface area contributed by atoms with Crippen LogP contribution in [0.5, 0.6) is 17.4 Å². The number of hydrogen-bond acceptors (Lipinski definition) is 7. The Bertz CT molecular complexity index is 736. The Hall–Kier alpha value is -2.55. The smallest absolute Gasteiger partial charge is 0.314 e. The largest absolute Gasteiger partial charge is 0.500 e. The maximum Gasteiger partial charge on any atom is 0.314 e. The molecule has 0 aliphatic rings. The molecule has 9 heteroatoms. The van der Waals surface area contributed by atoms with Crippen molar-refractivity contribution in [3.63, 3.8) is 0 Å². The van der Waals surface area contributed by atoms with Crippen LogP contribution in [0, 0.1) is 10.1 Å². The van der Waals surface area contributed by atoms with E-state index in [1.54, 1.807) is 6.92 Å². The van der Waals surface area contributed by atoms with Crippen LogP contribution in [0.3, 0.4) is 0 Å². The maximum absolute atomic E-state index is 11.1. The second-order valence-electron chi connectivity index (χ2n) is 4.11. The molecule has 0 amide bonds. The second kappa shape index (κ2) is 5.83. The molecule has 1 aromatic heterocycles. The average Bonchev–Trinajstić information content (AvgIpc) is 2.71. The highest BCUT2D eigenvalue weighted by atomic mass is 32.1. The third kappa shape index (κ3) is 3.14. The quantitative estimate of drug-likeness (QED) is 0.570. The van der Waals surface area contributed by atoms with Gasteiger partial charge < -0.3 is 14.9 Å². The number of nitrogens with zero attached hydrogens (tertiary/aromatic N) is 1. The number of benzene rings is 1. The van der Waals surface area contributed by atoms with Crippen molar-refractivity contribution in [1.82, 2.24) is 4.98 Å². The van der Waals surface area contributed by atoms with E-state index in [4.69, 9.17) is 4.74 Å². The van der Waals surface area contributed by atoms with E-state index >= 15 is 0 Å². The number of aromatic hydroxyl groups is 2. The number of rotatable bonds is 5. The molecule has 0 fully saturated rings. The van der Waals surface area contributed by atoms with Crippen molar-refractivity contribution in [2.75, 3.05) is 6.61 Å². The van der Waals surface area contributed by atoms with E-state index in [0.717, 1.165) is 11.3 Å². The molecule has 0 saturated carbocycles. The van der Waals surface area contributed by atoms with Crippen LogP contribution in [0.1, 0.15) is 17.4 Å². The van der Waals surface area contributed by atoms with Gasteiger partial charge in [0.2, 0.25) is 11.6 Å². The molecule has 0 bridgehead atoms. The van der Waals surface area contributed by atoms with Crippen LogP contribution >= 0.6 is 11.3 Å². The first-order valence-electron chi connectivity index (χ1n) is 5.96. The number of hydrogen-bond donors (Lipinski definition) is 3. The lowest BCUT2D eigenvalue weighted by Gasteiger charge is -2.08. The zero-order valence-electron chi connectivity index (χ0n) is 11.0. The molecule has 2 aromatic rings. The normalized spacial score (nSPS) is 10.5. The summed E-state index contributed by atoms with van der Waals surface area (Å²) in [6.45, 7) is 1.92. The first-order valence-corrected chi connectivity index (χ1v) is 6.78. The SMILES string of the molecule is CCOc1cc(Cc2sc(=O)[nH]c2O)cc([N+](=O)[O-])c1O. The summed E-state index contributed by atoms with van der Waals surface area (Å²) in [7, 11) is 0. The van der Waals surface area contributed by atoms with Crippen molar-refractivity contribution in [2.45, 2.75) is 13.3 Å². The topological polar surface area (TPSA) is 126 Å². The van der Waals surface area contributed by atoms with Crippen LogP contribution < -0.4 is 9.61 Å². The molecular weight excluding hydrogens is 300 g/mol. The fourth-order valence-electron chi connectivity index (χ4n) is 1.81. The number of aromatic nitrogens is 1. The molecular formula is C12H12N2O6S. The van der Waals surface area contributed by atoms with Crippen LogP contribution in [-0.4, -0.2) is 26.7 Å². The molecule has 0 spiro atoms. The lowest BCUT2D eigenvalue weighted by atomic mass is 10.1. The van der Waals surface area contributed by atoms with E-state index in [9.17, 15) is 25.1 Å². The number of nitro groups is 1. The van der Waals surface area contributed by atoms with E-state index in [1.165, 1.54) is 12.1 Å². The van der Waals surface area contributed by atoms with Gasteiger partial charge in [-0.25, -0.2) is 0 Å². The summed E-state index contributed by atoms with van der Waals surface area (Å²) in [5.74, 6) is -0.820. The Morgan fingerprint density at radius 3 is 2.67 bits per heavy atom. The summed E-state index contributed by atoms with van der Waals surface area (Å²) in [4.78, 5) is 23.5. The number of phenols is 1. The summed E-state index contributed by atoms with van der Waals surface area (Å²) in [5, 5.41) is 30.2. The molecule has 21 heavy (non-hydrogen) atoms. The fraction of sp³-hybridized carbons (Fsp3) is 0.250. The van der Waals surface area contributed by atoms with E-state index in [2.05, 4.69) is 4.98 Å². The monoisotopic (exact) mass is 312 g/mol. The first kappa shape index (κ1) is 14.9. The predicted molar refractivity (Wildman–Crippen MR) is 75.3 cm³/mol. The van der Waals surface area contributed by atoms with Crippen molar-refractivity contribution in [3.8, 4) is 17.4 Å². The zero-order valence-corrected chi connectivity index (χ0v) is 11.8. The summed E-state index contributed by atoms with van der Waals surface area (Å²) >= 11 is 0.813. The number of H-pyrrole nitrogens is 1. The van der Waals surface area contributed by atoms with E-state index in [0.29, 0.717) is 10.4 Å². The van der Waals surface area contributed by atoms with Crippen LogP contribution in [0.2, 0.25) is 0 Å². The first-order chi connectivity index (χ1) is 9.92. The molecule has 0 unspecified atom stereocenters. The summed E-state index contributed by atoms with van der Waals surface area (Å²) in [6, 6.07) is 2.62. The lowest BCUT2D eigenvalue weighted by Crippen LogP contribution is -1.98. The fourth-order valence-corrected chi connectivity index (χ4v) is 2.57. The Balaban J connectivity index is 2.45. The third-order valence-electron chi connectivity index (χ3n) is 2.68. The van der Waals surface area contributed by atoms with Crippen molar-refractivity contribution in [2.24, 2.45) is 0 Å². The molecule has 0 atom stereocenters. The van der Waals surface area contributed by atoms with Crippen LogP contribution in [0.25, 0.3) is 0 Å². The molecule has 8 nitrogen and oxygen atoms in total. The Morgan fingerprint density at radius 2 is 2.14 bits per heavy atom. The molecule has 0 aliphatic heterocycles. The summed E-state index contributed by atoms with van der Waals surface area (Å²) in [6.07, 6.45) is 0.108. The average molecular weight is 312 g/mol. The Labute approximate surface area is 122 Å². The highest BCUT2D eigenvalue weighted by Crippen LogP contribution is 2.38. The molecule has 3 N–H and O–H groups in total. The van der Waals surface area contributed by atoms with Gasteiger partial charge in [-0.3, -0.25) is 19.9 Å². The van der Waals surface area contributed by atoms with Crippen LogP contribution in [0.4, 0.5) is 5.69 Å². The van der Waals surface area contributed by atoms with Gasteiger partial charge >= 0.3 is 10.6 Å². The minimum atomic E-state index is -0.721. The van der Waals surface area contributed by atoms with Gasteiger partial charge in [0.25, 0.3) is 0 Å². The van der Waals surface area contributed by atoms with Gasteiger partial charge in [-0.1, -0.05) is 11.3 Å². The Morgan fingerprint density at radius 1 is 1.43 bits per heavy atom. The van der Waals surface area contributed by atoms with Crippen LogP contribution in [0.15, 0.2) is 16.9 Å². The Kier molecular flexibility index (Phi) is 4.13. The predicted octanol–water partition coefficient (Wildman–Crippen LogP) is 1.75. The third-order valence-corrected chi connectivity index (χ3v) is 3.55. The van der Waals surface area contributed by atoms with Crippen molar-refractivity contribution in [3.05, 3.63) is 42.4 Å². The number of aromatic amines is 1. The van der Waals surface area contributed by atoms with Gasteiger partial charge in [0.1, 0.15) is 0 Å². The van der Waals surface area contributed by atoms with Crippen LogP contribution in [-0.2, 0) is 6.42 Å². The van der Waals surface area contributed by atoms with E-state index in [1.807, 2.05) is 0 Å². The minimum Gasteiger partial charge on any atom is -0.500 e. The zero-order chi connectivity index (χ0) is 15.6.